The van der Waals surface area contributed by atoms with E-state index in [1.807, 2.05) is 25.4 Å². The summed E-state index contributed by atoms with van der Waals surface area (Å²) in [5.41, 5.74) is 4.15. The van der Waals surface area contributed by atoms with Crippen molar-refractivity contribution in [2.24, 2.45) is 7.05 Å². The first-order valence-corrected chi connectivity index (χ1v) is 9.41. The van der Waals surface area contributed by atoms with E-state index in [2.05, 4.69) is 31.6 Å². The smallest absolute Gasteiger partial charge is 0.251 e. The van der Waals surface area contributed by atoms with E-state index >= 15 is 0 Å². The van der Waals surface area contributed by atoms with Gasteiger partial charge in [0.25, 0.3) is 5.91 Å². The first-order chi connectivity index (χ1) is 14.5. The van der Waals surface area contributed by atoms with Gasteiger partial charge in [-0.15, -0.1) is 6.42 Å². The number of aromatic nitrogens is 4. The Bertz CT molecular complexity index is 1320. The molecule has 30 heavy (non-hydrogen) atoms. The Kier molecular flexibility index (Phi) is 5.09. The predicted molar refractivity (Wildman–Crippen MR) is 118 cm³/mol. The van der Waals surface area contributed by atoms with Gasteiger partial charge in [-0.3, -0.25) is 9.48 Å². The van der Waals surface area contributed by atoms with Gasteiger partial charge < -0.3 is 10.6 Å². The molecule has 0 unspecified atom stereocenters. The lowest BCUT2D eigenvalue weighted by Crippen LogP contribution is -2.18. The van der Waals surface area contributed by atoms with Gasteiger partial charge in [0, 0.05) is 54.3 Å². The molecule has 148 valence electrons. The molecular weight excluding hydrogens is 400 g/mol. The molecule has 8 heteroatoms. The molecule has 0 fully saturated rings. The van der Waals surface area contributed by atoms with Crippen LogP contribution in [0.2, 0.25) is 5.02 Å². The van der Waals surface area contributed by atoms with Crippen LogP contribution in [0.1, 0.15) is 15.9 Å². The van der Waals surface area contributed by atoms with E-state index in [0.29, 0.717) is 33.3 Å². The van der Waals surface area contributed by atoms with Crippen molar-refractivity contribution in [1.29, 1.82) is 0 Å². The summed E-state index contributed by atoms with van der Waals surface area (Å²) in [6.07, 6.45) is 10.8. The number of fused-ring (bicyclic) bond motifs is 1. The molecule has 0 radical (unpaired) electrons. The third-order valence-corrected chi connectivity index (χ3v) is 4.85. The first kappa shape index (κ1) is 19.4. The Morgan fingerprint density at radius 2 is 2.00 bits per heavy atom. The third-order valence-electron chi connectivity index (χ3n) is 4.54. The van der Waals surface area contributed by atoms with E-state index in [0.717, 1.165) is 16.5 Å². The molecule has 0 aliphatic carbocycles. The summed E-state index contributed by atoms with van der Waals surface area (Å²) in [4.78, 5) is 21.1. The summed E-state index contributed by atoms with van der Waals surface area (Å²) in [5, 5.41) is 11.3. The fraction of sp³-hybridized carbons (Fsp3) is 0.0909. The van der Waals surface area contributed by atoms with Gasteiger partial charge in [0.2, 0.25) is 5.95 Å². The molecule has 0 aliphatic heterocycles. The molecule has 0 aliphatic rings. The molecule has 1 amide bonds. The highest BCUT2D eigenvalue weighted by Crippen LogP contribution is 2.27. The maximum atomic E-state index is 12.3. The van der Waals surface area contributed by atoms with Gasteiger partial charge >= 0.3 is 0 Å². The summed E-state index contributed by atoms with van der Waals surface area (Å²) in [7, 11) is 3.43. The van der Waals surface area contributed by atoms with Crippen LogP contribution < -0.4 is 10.6 Å². The van der Waals surface area contributed by atoms with Crippen molar-refractivity contribution < 1.29 is 4.79 Å². The molecule has 0 atom stereocenters. The molecule has 2 N–H and O–H groups in total. The van der Waals surface area contributed by atoms with Crippen molar-refractivity contribution >= 4 is 40.0 Å². The lowest BCUT2D eigenvalue weighted by atomic mass is 10.0. The van der Waals surface area contributed by atoms with Crippen LogP contribution in [0.3, 0.4) is 0 Å². The average molecular weight is 417 g/mol. The second kappa shape index (κ2) is 7.85. The van der Waals surface area contributed by atoms with Gasteiger partial charge in [-0.25, -0.2) is 9.97 Å². The van der Waals surface area contributed by atoms with Gasteiger partial charge in [0.15, 0.2) is 0 Å². The molecule has 2 aromatic carbocycles. The highest BCUT2D eigenvalue weighted by molar-refractivity contribution is 6.32. The maximum Gasteiger partial charge on any atom is 0.251 e. The molecule has 2 heterocycles. The number of hydrogen-bond donors (Lipinski definition) is 2. The number of terminal acetylenes is 1. The molecule has 0 saturated carbocycles. The molecule has 2 aromatic heterocycles. The standard InChI is InChI=1S/C22H17ClN6O/c1-4-13-5-16-10-25-22(28-20(16)9-19(13)23)27-18-7-14(17-11-26-29(3)12-17)6-15(8-18)21(30)24-2/h1,5-12H,2-3H3,(H,24,30)(H,25,27,28). The number of benzene rings is 2. The summed E-state index contributed by atoms with van der Waals surface area (Å²) < 4.78 is 1.70. The number of carbonyl (C=O) groups excluding carboxylic acids is 1. The summed E-state index contributed by atoms with van der Waals surface area (Å²) >= 11 is 6.20. The van der Waals surface area contributed by atoms with Gasteiger partial charge in [-0.05, 0) is 35.9 Å². The number of hydrogen-bond acceptors (Lipinski definition) is 5. The van der Waals surface area contributed by atoms with Crippen LogP contribution in [-0.4, -0.2) is 32.7 Å². The molecular formula is C22H17ClN6O. The van der Waals surface area contributed by atoms with E-state index in [1.54, 1.807) is 42.3 Å². The van der Waals surface area contributed by atoms with E-state index in [-0.39, 0.29) is 5.91 Å². The van der Waals surface area contributed by atoms with Gasteiger partial charge in [-0.2, -0.15) is 5.10 Å². The van der Waals surface area contributed by atoms with Crippen LogP contribution in [-0.2, 0) is 7.05 Å². The predicted octanol–water partition coefficient (Wildman–Crippen LogP) is 3.77. The summed E-state index contributed by atoms with van der Waals surface area (Å²) in [5.74, 6) is 2.72. The highest BCUT2D eigenvalue weighted by Gasteiger charge is 2.11. The largest absolute Gasteiger partial charge is 0.355 e. The van der Waals surface area contributed by atoms with E-state index < -0.39 is 0 Å². The Morgan fingerprint density at radius 1 is 1.17 bits per heavy atom. The highest BCUT2D eigenvalue weighted by atomic mass is 35.5. The molecule has 0 saturated heterocycles. The Morgan fingerprint density at radius 3 is 2.70 bits per heavy atom. The average Bonchev–Trinajstić information content (AvgIpc) is 3.18. The maximum absolute atomic E-state index is 12.3. The Labute approximate surface area is 178 Å². The van der Waals surface area contributed by atoms with Crippen molar-refractivity contribution in [1.82, 2.24) is 25.1 Å². The number of nitrogens with zero attached hydrogens (tertiary/aromatic N) is 4. The quantitative estimate of drug-likeness (QED) is 0.495. The number of halogens is 1. The Hall–Kier alpha value is -3.89. The summed E-state index contributed by atoms with van der Waals surface area (Å²) in [6, 6.07) is 8.94. The minimum absolute atomic E-state index is 0.197. The van der Waals surface area contributed by atoms with Crippen LogP contribution in [0.4, 0.5) is 11.6 Å². The normalized spacial score (nSPS) is 10.6. The Balaban J connectivity index is 1.74. The summed E-state index contributed by atoms with van der Waals surface area (Å²) in [6.45, 7) is 0. The zero-order chi connectivity index (χ0) is 21.3. The SMILES string of the molecule is C#Cc1cc2cnc(Nc3cc(C(=O)NC)cc(-c4cnn(C)c4)c3)nc2cc1Cl. The van der Waals surface area contributed by atoms with Crippen molar-refractivity contribution in [2.45, 2.75) is 0 Å². The van der Waals surface area contributed by atoms with Gasteiger partial charge in [0.05, 0.1) is 16.7 Å². The zero-order valence-electron chi connectivity index (χ0n) is 16.3. The van der Waals surface area contributed by atoms with Crippen molar-refractivity contribution in [3.63, 3.8) is 0 Å². The topological polar surface area (TPSA) is 84.7 Å². The molecule has 4 rings (SSSR count). The number of aryl methyl sites for hydroxylation is 1. The second-order valence-electron chi connectivity index (χ2n) is 6.63. The van der Waals surface area contributed by atoms with Crippen LogP contribution in [0, 0.1) is 12.3 Å². The lowest BCUT2D eigenvalue weighted by Gasteiger charge is -2.10. The molecule has 0 bridgehead atoms. The van der Waals surface area contributed by atoms with Crippen molar-refractivity contribution in [3.8, 4) is 23.5 Å². The van der Waals surface area contributed by atoms with Gasteiger partial charge in [-0.1, -0.05) is 17.5 Å². The van der Waals surface area contributed by atoms with Crippen LogP contribution in [0.5, 0.6) is 0 Å². The first-order valence-electron chi connectivity index (χ1n) is 9.03. The fourth-order valence-electron chi connectivity index (χ4n) is 3.07. The van der Waals surface area contributed by atoms with E-state index in [9.17, 15) is 4.79 Å². The monoisotopic (exact) mass is 416 g/mol. The zero-order valence-corrected chi connectivity index (χ0v) is 17.0. The molecule has 7 nitrogen and oxygen atoms in total. The van der Waals surface area contributed by atoms with Crippen LogP contribution >= 0.6 is 11.6 Å². The number of carbonyl (C=O) groups is 1. The van der Waals surface area contributed by atoms with Crippen molar-refractivity contribution in [3.05, 3.63) is 65.1 Å². The number of rotatable bonds is 4. The van der Waals surface area contributed by atoms with E-state index in [4.69, 9.17) is 18.0 Å². The number of anilines is 2. The molecule has 0 spiro atoms. The lowest BCUT2D eigenvalue weighted by molar-refractivity contribution is 0.0963. The van der Waals surface area contributed by atoms with Crippen LogP contribution in [0.15, 0.2) is 48.9 Å². The third kappa shape index (κ3) is 3.81. The fourth-order valence-corrected chi connectivity index (χ4v) is 3.28. The van der Waals surface area contributed by atoms with Crippen molar-refractivity contribution in [2.75, 3.05) is 12.4 Å². The van der Waals surface area contributed by atoms with Crippen LogP contribution in [0.25, 0.3) is 22.0 Å². The molecule has 4 aromatic rings. The minimum atomic E-state index is -0.197. The number of amides is 1. The van der Waals surface area contributed by atoms with Gasteiger partial charge in [0.1, 0.15) is 0 Å². The number of nitrogens with one attached hydrogen (secondary N) is 2. The second-order valence-corrected chi connectivity index (χ2v) is 7.04. The van der Waals surface area contributed by atoms with E-state index in [1.165, 1.54) is 0 Å². The minimum Gasteiger partial charge on any atom is -0.355 e.